The summed E-state index contributed by atoms with van der Waals surface area (Å²) >= 11 is 0. The van der Waals surface area contributed by atoms with Crippen LogP contribution in [0, 0.1) is 5.82 Å². The van der Waals surface area contributed by atoms with Gasteiger partial charge in [0.25, 0.3) is 0 Å². The number of halogens is 1. The third kappa shape index (κ3) is 5.61. The van der Waals surface area contributed by atoms with Crippen LogP contribution in [-0.2, 0) is 4.79 Å². The van der Waals surface area contributed by atoms with Crippen molar-refractivity contribution in [2.45, 2.75) is 32.4 Å². The normalized spacial score (nSPS) is 12.7. The molecule has 0 spiro atoms. The topological polar surface area (TPSA) is 65.3 Å². The molecular formula is C24H23CaFNO3+. The number of rotatable bonds is 7. The van der Waals surface area contributed by atoms with E-state index in [4.69, 9.17) is 0 Å². The molecular weight excluding hydrogens is 409 g/mol. The summed E-state index contributed by atoms with van der Waals surface area (Å²) in [5, 5.41) is 21.3. The average Bonchev–Trinajstić information content (AvgIpc) is 2.99. The van der Waals surface area contributed by atoms with Crippen LogP contribution >= 0.6 is 0 Å². The summed E-state index contributed by atoms with van der Waals surface area (Å²) in [6.07, 6.45) is 5.16. The van der Waals surface area contributed by atoms with Gasteiger partial charge in [-0.3, -0.25) is 0 Å². The van der Waals surface area contributed by atoms with E-state index in [1.54, 1.807) is 24.3 Å². The number of fused-ring (bicyclic) bond motifs is 1. The number of carboxylic acid groups (broad SMARTS) is 1. The summed E-state index contributed by atoms with van der Waals surface area (Å²) in [5.74, 6) is -1.59. The Labute approximate surface area is 205 Å². The first kappa shape index (κ1) is 24.4. The minimum Gasteiger partial charge on any atom is -0.550 e. The molecule has 2 aromatic carbocycles. The van der Waals surface area contributed by atoms with E-state index in [1.807, 2.05) is 24.3 Å². The van der Waals surface area contributed by atoms with Gasteiger partial charge in [0.05, 0.1) is 6.10 Å². The number of carbonyl (C=O) groups excluding carboxylic acids is 1. The van der Waals surface area contributed by atoms with Gasteiger partial charge in [-0.25, -0.2) is 4.39 Å². The molecule has 1 unspecified atom stereocenters. The van der Waals surface area contributed by atoms with Crippen LogP contribution in [0.4, 0.5) is 4.39 Å². The number of hydrogen-bond acceptors (Lipinski definition) is 3. The van der Waals surface area contributed by atoms with E-state index in [0.717, 1.165) is 27.7 Å². The van der Waals surface area contributed by atoms with E-state index in [-0.39, 0.29) is 49.6 Å². The molecule has 0 amide bonds. The Balaban J connectivity index is 0.00000320. The Morgan fingerprint density at radius 2 is 1.80 bits per heavy atom. The number of allylic oxidation sites excluding steroid dienone is 2. The largest absolute Gasteiger partial charge is 2.00 e. The maximum atomic E-state index is 13.5. The van der Waals surface area contributed by atoms with Gasteiger partial charge in [-0.15, -0.1) is 0 Å². The van der Waals surface area contributed by atoms with E-state index in [1.165, 1.54) is 18.2 Å². The zero-order valence-electron chi connectivity index (χ0n) is 17.1. The number of carboxylic acids is 1. The third-order valence-corrected chi connectivity index (χ3v) is 4.67. The van der Waals surface area contributed by atoms with E-state index < -0.39 is 18.5 Å². The summed E-state index contributed by atoms with van der Waals surface area (Å²) < 4.78 is 15.7. The Kier molecular flexibility index (Phi) is 8.86. The van der Waals surface area contributed by atoms with Crippen molar-refractivity contribution < 1.29 is 19.4 Å². The number of aliphatic hydroxyl groups is 1. The van der Waals surface area contributed by atoms with Crippen LogP contribution in [0.5, 0.6) is 0 Å². The Morgan fingerprint density at radius 3 is 2.43 bits per heavy atom. The first-order chi connectivity index (χ1) is 13.9. The second-order valence-corrected chi connectivity index (χ2v) is 7.14. The molecule has 0 bridgehead atoms. The maximum Gasteiger partial charge on any atom is 2.00 e. The molecule has 6 heteroatoms. The molecule has 0 aliphatic heterocycles. The van der Waals surface area contributed by atoms with Gasteiger partial charge in [0.15, 0.2) is 0 Å². The van der Waals surface area contributed by atoms with Crippen LogP contribution in [0.1, 0.15) is 32.0 Å². The predicted molar refractivity (Wildman–Crippen MR) is 117 cm³/mol. The van der Waals surface area contributed by atoms with Crippen LogP contribution in [-0.4, -0.2) is 59.5 Å². The van der Waals surface area contributed by atoms with E-state index in [2.05, 4.69) is 24.5 Å². The van der Waals surface area contributed by atoms with Crippen molar-refractivity contribution in [2.75, 3.05) is 0 Å². The number of carbonyl (C=O) groups is 1. The van der Waals surface area contributed by atoms with Crippen molar-refractivity contribution in [3.63, 3.8) is 0 Å². The maximum absolute atomic E-state index is 13.5. The molecule has 3 rings (SSSR count). The third-order valence-electron chi connectivity index (χ3n) is 4.67. The fraction of sp³-hybridized carbons (Fsp3) is 0.208. The molecule has 4 nitrogen and oxygen atoms in total. The van der Waals surface area contributed by atoms with Gasteiger partial charge in [-0.1, -0.05) is 48.6 Å². The SMILES string of the molecule is CC(C)n1c(/C=C/C=C/C(O)CC(=O)[O-])c(-c2ccc(F)cc2)c2ccccc21.[Ca+2]. The van der Waals surface area contributed by atoms with Gasteiger partial charge in [0, 0.05) is 40.6 Å². The molecule has 1 atom stereocenters. The summed E-state index contributed by atoms with van der Waals surface area (Å²) in [7, 11) is 0. The van der Waals surface area contributed by atoms with E-state index in [9.17, 15) is 19.4 Å². The number of aliphatic hydroxyl groups excluding tert-OH is 1. The molecule has 1 heterocycles. The van der Waals surface area contributed by atoms with Gasteiger partial charge in [0.2, 0.25) is 0 Å². The van der Waals surface area contributed by atoms with Crippen LogP contribution in [0.15, 0.2) is 66.8 Å². The number of nitrogens with zero attached hydrogens (tertiary/aromatic N) is 1. The Morgan fingerprint density at radius 1 is 1.13 bits per heavy atom. The molecule has 0 saturated heterocycles. The molecule has 30 heavy (non-hydrogen) atoms. The van der Waals surface area contributed by atoms with Crippen molar-refractivity contribution in [2.24, 2.45) is 0 Å². The summed E-state index contributed by atoms with van der Waals surface area (Å²) in [4.78, 5) is 10.6. The average molecular weight is 433 g/mol. The zero-order valence-corrected chi connectivity index (χ0v) is 19.3. The standard InChI is InChI=1S/C24H24FNO3.Ca/c1-16(2)26-21-9-6-4-8-20(21)24(17-11-13-18(25)14-12-17)22(26)10-5-3-7-19(27)15-23(28)29;/h3-14,16,19,27H,15H2,1-2H3,(H,28,29);/q;+2/p-1/b7-3+,10-5+;. The van der Waals surface area contributed by atoms with Crippen LogP contribution in [0.25, 0.3) is 28.1 Å². The van der Waals surface area contributed by atoms with Gasteiger partial charge < -0.3 is 19.6 Å². The summed E-state index contributed by atoms with van der Waals surface area (Å²) in [6, 6.07) is 14.7. The number of hydrogen-bond donors (Lipinski definition) is 1. The van der Waals surface area contributed by atoms with Gasteiger partial charge >= 0.3 is 37.7 Å². The minimum atomic E-state index is -1.30. The molecule has 1 aromatic heterocycles. The van der Waals surface area contributed by atoms with Crippen LogP contribution in [0.2, 0.25) is 0 Å². The second-order valence-electron chi connectivity index (χ2n) is 7.14. The molecule has 0 radical (unpaired) electrons. The first-order valence-corrected chi connectivity index (χ1v) is 9.50. The Bertz CT molecular complexity index is 1070. The number of benzene rings is 2. The van der Waals surface area contributed by atoms with Gasteiger partial charge in [-0.2, -0.15) is 0 Å². The van der Waals surface area contributed by atoms with Crippen molar-refractivity contribution in [3.05, 3.63) is 78.3 Å². The smallest absolute Gasteiger partial charge is 0.550 e. The van der Waals surface area contributed by atoms with Crippen molar-refractivity contribution >= 4 is 60.7 Å². The van der Waals surface area contributed by atoms with Crippen molar-refractivity contribution in [1.82, 2.24) is 4.57 Å². The quantitative estimate of drug-likeness (QED) is 0.457. The number of aliphatic carboxylic acids is 1. The van der Waals surface area contributed by atoms with Crippen LogP contribution in [0.3, 0.4) is 0 Å². The van der Waals surface area contributed by atoms with E-state index >= 15 is 0 Å². The molecule has 0 aliphatic rings. The molecule has 150 valence electrons. The second kappa shape index (κ2) is 10.9. The summed E-state index contributed by atoms with van der Waals surface area (Å²) in [6.45, 7) is 4.19. The minimum absolute atomic E-state index is 0. The first-order valence-electron chi connectivity index (χ1n) is 9.50. The number of aromatic nitrogens is 1. The zero-order chi connectivity index (χ0) is 21.0. The monoisotopic (exact) mass is 432 g/mol. The van der Waals surface area contributed by atoms with Gasteiger partial charge in [-0.05, 0) is 43.7 Å². The molecule has 0 aliphatic carbocycles. The fourth-order valence-corrected chi connectivity index (χ4v) is 3.50. The molecule has 3 aromatic rings. The van der Waals surface area contributed by atoms with Crippen molar-refractivity contribution in [1.29, 1.82) is 0 Å². The van der Waals surface area contributed by atoms with E-state index in [0.29, 0.717) is 0 Å². The van der Waals surface area contributed by atoms with Crippen LogP contribution < -0.4 is 5.11 Å². The molecule has 0 saturated carbocycles. The van der Waals surface area contributed by atoms with Crippen molar-refractivity contribution in [3.8, 4) is 11.1 Å². The van der Waals surface area contributed by atoms with Gasteiger partial charge in [0.1, 0.15) is 5.82 Å². The fourth-order valence-electron chi connectivity index (χ4n) is 3.50. The molecule has 0 fully saturated rings. The summed E-state index contributed by atoms with van der Waals surface area (Å²) in [5.41, 5.74) is 3.92. The molecule has 1 N–H and O–H groups in total. The predicted octanol–water partition coefficient (Wildman–Crippen LogP) is 3.72. The number of para-hydroxylation sites is 1. The Hall–Kier alpha value is -1.92.